The number of hydrogen-bond acceptors (Lipinski definition) is 1. The molecule has 5 unspecified atom stereocenters. The van der Waals surface area contributed by atoms with Crippen LogP contribution in [0.4, 0.5) is 0 Å². The standard InChI is InChI=1S/C16H26O/c1-10-7-11(2)17-14(8-10)15-12-5-6-13(9-12)16(15,3)4/h8,11-15H,5-7,9H2,1-4H3. The first-order valence-corrected chi connectivity index (χ1v) is 7.31. The minimum atomic E-state index is 0.393. The number of rotatable bonds is 1. The van der Waals surface area contributed by atoms with Crippen LogP contribution in [0, 0.1) is 23.2 Å². The van der Waals surface area contributed by atoms with Crippen LogP contribution < -0.4 is 0 Å². The van der Waals surface area contributed by atoms with Gasteiger partial charge in [-0.2, -0.15) is 0 Å². The van der Waals surface area contributed by atoms with Gasteiger partial charge in [0.05, 0.1) is 12.2 Å². The van der Waals surface area contributed by atoms with Crippen molar-refractivity contribution in [2.24, 2.45) is 23.2 Å². The van der Waals surface area contributed by atoms with Crippen molar-refractivity contribution in [3.63, 3.8) is 0 Å². The van der Waals surface area contributed by atoms with E-state index >= 15 is 0 Å². The summed E-state index contributed by atoms with van der Waals surface area (Å²) in [6, 6.07) is 0. The van der Waals surface area contributed by atoms with Crippen LogP contribution in [0.25, 0.3) is 0 Å². The van der Waals surface area contributed by atoms with Crippen molar-refractivity contribution in [3.05, 3.63) is 11.6 Å². The Labute approximate surface area is 106 Å². The molecule has 2 bridgehead atoms. The predicted octanol–water partition coefficient (Wildman–Crippen LogP) is 4.18. The number of ether oxygens (including phenoxy) is 1. The van der Waals surface area contributed by atoms with Crippen LogP contribution in [0.5, 0.6) is 0 Å². The largest absolute Gasteiger partial charge is 0.371 e. The van der Waals surface area contributed by atoms with Crippen molar-refractivity contribution in [2.45, 2.75) is 65.6 Å². The lowest BCUT2D eigenvalue weighted by atomic mass is 9.66. The summed E-state index contributed by atoms with van der Waals surface area (Å²) in [6.07, 6.45) is 8.71. The van der Waals surface area contributed by atoms with Crippen LogP contribution in [-0.4, -0.2) is 12.2 Å². The van der Waals surface area contributed by atoms with Gasteiger partial charge in [0.1, 0.15) is 0 Å². The fourth-order valence-corrected chi connectivity index (χ4v) is 4.94. The van der Waals surface area contributed by atoms with Crippen LogP contribution in [0.1, 0.15) is 53.4 Å². The molecule has 0 aromatic rings. The Morgan fingerprint density at radius 2 is 2.06 bits per heavy atom. The summed E-state index contributed by atoms with van der Waals surface area (Å²) >= 11 is 0. The fraction of sp³-hybridized carbons (Fsp3) is 0.875. The van der Waals surface area contributed by atoms with E-state index in [-0.39, 0.29) is 0 Å². The fourth-order valence-electron chi connectivity index (χ4n) is 4.94. The molecule has 1 aliphatic heterocycles. The summed E-state index contributed by atoms with van der Waals surface area (Å²) in [5.74, 6) is 2.64. The molecule has 5 atom stereocenters. The van der Waals surface area contributed by atoms with E-state index in [9.17, 15) is 0 Å². The summed E-state index contributed by atoms with van der Waals surface area (Å²) in [4.78, 5) is 0. The van der Waals surface area contributed by atoms with Crippen LogP contribution >= 0.6 is 0 Å². The summed E-state index contributed by atoms with van der Waals surface area (Å²) in [7, 11) is 0. The summed E-state index contributed by atoms with van der Waals surface area (Å²) in [6.45, 7) is 9.45. The molecule has 96 valence electrons. The molecule has 3 rings (SSSR count). The van der Waals surface area contributed by atoms with Gasteiger partial charge in [-0.05, 0) is 62.7 Å². The van der Waals surface area contributed by atoms with Crippen molar-refractivity contribution < 1.29 is 4.74 Å². The lowest BCUT2D eigenvalue weighted by Crippen LogP contribution is -2.42. The minimum absolute atomic E-state index is 0.393. The van der Waals surface area contributed by atoms with Gasteiger partial charge in [0, 0.05) is 0 Å². The van der Waals surface area contributed by atoms with Gasteiger partial charge in [0.15, 0.2) is 0 Å². The van der Waals surface area contributed by atoms with E-state index < -0.39 is 0 Å². The third-order valence-corrected chi connectivity index (χ3v) is 5.69. The highest BCUT2D eigenvalue weighted by molar-refractivity contribution is 5.14. The monoisotopic (exact) mass is 234 g/mol. The third-order valence-electron chi connectivity index (χ3n) is 5.69. The Bertz CT molecular complexity index is 341. The van der Waals surface area contributed by atoms with Gasteiger partial charge in [-0.1, -0.05) is 25.5 Å². The first-order chi connectivity index (χ1) is 7.98. The molecule has 0 saturated heterocycles. The van der Waals surface area contributed by atoms with Gasteiger partial charge in [0.25, 0.3) is 0 Å². The van der Waals surface area contributed by atoms with Crippen molar-refractivity contribution >= 4 is 0 Å². The van der Waals surface area contributed by atoms with E-state index in [1.165, 1.54) is 24.8 Å². The molecule has 0 radical (unpaired) electrons. The molecule has 0 amide bonds. The molecule has 2 fully saturated rings. The molecule has 0 N–H and O–H groups in total. The van der Waals surface area contributed by atoms with Crippen molar-refractivity contribution in [1.29, 1.82) is 0 Å². The molecule has 2 aliphatic carbocycles. The minimum Gasteiger partial charge on any atom is -0.371 e. The molecule has 2 saturated carbocycles. The molecule has 1 nitrogen and oxygen atoms in total. The van der Waals surface area contributed by atoms with E-state index in [1.54, 1.807) is 0 Å². The second-order valence-corrected chi connectivity index (χ2v) is 7.25. The first kappa shape index (κ1) is 11.8. The van der Waals surface area contributed by atoms with E-state index in [1.807, 2.05) is 0 Å². The highest BCUT2D eigenvalue weighted by atomic mass is 16.5. The summed E-state index contributed by atoms with van der Waals surface area (Å²) < 4.78 is 6.25. The SMILES string of the molecule is CC1=CC(C2C3CCC(C3)C2(C)C)OC(C)C1. The lowest BCUT2D eigenvalue weighted by Gasteiger charge is -2.44. The second-order valence-electron chi connectivity index (χ2n) is 7.25. The predicted molar refractivity (Wildman–Crippen MR) is 70.8 cm³/mol. The topological polar surface area (TPSA) is 9.23 Å². The molecule has 0 aromatic heterocycles. The summed E-state index contributed by atoms with van der Waals surface area (Å²) in [5.41, 5.74) is 2.02. The maximum Gasteiger partial charge on any atom is 0.0798 e. The van der Waals surface area contributed by atoms with E-state index in [0.717, 1.165) is 24.2 Å². The van der Waals surface area contributed by atoms with Gasteiger partial charge in [-0.3, -0.25) is 0 Å². The number of fused-ring (bicyclic) bond motifs is 2. The molecule has 1 heteroatoms. The average Bonchev–Trinajstić information content (AvgIpc) is 2.73. The van der Waals surface area contributed by atoms with Gasteiger partial charge in [-0.25, -0.2) is 0 Å². The maximum absolute atomic E-state index is 6.25. The van der Waals surface area contributed by atoms with Gasteiger partial charge in [0.2, 0.25) is 0 Å². The van der Waals surface area contributed by atoms with Gasteiger partial charge in [-0.15, -0.1) is 0 Å². The van der Waals surface area contributed by atoms with Gasteiger partial charge >= 0.3 is 0 Å². The van der Waals surface area contributed by atoms with E-state index in [4.69, 9.17) is 4.74 Å². The Hall–Kier alpha value is -0.300. The van der Waals surface area contributed by atoms with Crippen molar-refractivity contribution in [2.75, 3.05) is 0 Å². The second kappa shape index (κ2) is 3.85. The quantitative estimate of drug-likeness (QED) is 0.618. The average molecular weight is 234 g/mol. The highest BCUT2D eigenvalue weighted by Gasteiger charge is 2.55. The molecule has 0 spiro atoms. The lowest BCUT2D eigenvalue weighted by molar-refractivity contribution is -0.0647. The molecule has 17 heavy (non-hydrogen) atoms. The third kappa shape index (κ3) is 1.78. The summed E-state index contributed by atoms with van der Waals surface area (Å²) in [5, 5.41) is 0. The maximum atomic E-state index is 6.25. The number of hydrogen-bond donors (Lipinski definition) is 0. The van der Waals surface area contributed by atoms with Crippen molar-refractivity contribution in [1.82, 2.24) is 0 Å². The first-order valence-electron chi connectivity index (χ1n) is 7.31. The molecular weight excluding hydrogens is 208 g/mol. The van der Waals surface area contributed by atoms with Gasteiger partial charge < -0.3 is 4.74 Å². The molecule has 0 aromatic carbocycles. The zero-order valence-electron chi connectivity index (χ0n) is 11.7. The Kier molecular flexibility index (Phi) is 2.66. The molecule has 3 aliphatic rings. The Morgan fingerprint density at radius 3 is 2.65 bits per heavy atom. The van der Waals surface area contributed by atoms with Crippen LogP contribution in [-0.2, 0) is 4.74 Å². The van der Waals surface area contributed by atoms with Crippen LogP contribution in [0.3, 0.4) is 0 Å². The van der Waals surface area contributed by atoms with E-state index in [0.29, 0.717) is 17.6 Å². The normalized spacial score (nSPS) is 48.2. The van der Waals surface area contributed by atoms with Crippen molar-refractivity contribution in [3.8, 4) is 0 Å². The zero-order valence-corrected chi connectivity index (χ0v) is 11.7. The Balaban J connectivity index is 1.87. The zero-order chi connectivity index (χ0) is 12.2. The smallest absolute Gasteiger partial charge is 0.0798 e. The molecular formula is C16H26O. The Morgan fingerprint density at radius 1 is 1.29 bits per heavy atom. The highest BCUT2D eigenvalue weighted by Crippen LogP contribution is 2.61. The van der Waals surface area contributed by atoms with Crippen LogP contribution in [0.15, 0.2) is 11.6 Å². The molecule has 1 heterocycles. The van der Waals surface area contributed by atoms with Crippen LogP contribution in [0.2, 0.25) is 0 Å². The van der Waals surface area contributed by atoms with E-state index in [2.05, 4.69) is 33.8 Å².